The molecule has 1 amide bonds. The molecule has 0 aromatic rings. The number of aliphatic carboxylic acids is 1. The molecule has 0 aromatic carbocycles. The predicted molar refractivity (Wildman–Crippen MR) is 63.1 cm³/mol. The van der Waals surface area contributed by atoms with Gasteiger partial charge in [-0.2, -0.15) is 0 Å². The summed E-state index contributed by atoms with van der Waals surface area (Å²) in [4.78, 5) is 24.3. The molecule has 0 spiro atoms. The average Bonchev–Trinajstić information content (AvgIpc) is 2.59. The molecule has 0 bridgehead atoms. The number of carboxylic acid groups (broad SMARTS) is 1. The molecule has 3 unspecified atom stereocenters. The largest absolute Gasteiger partial charge is 0.480 e. The molecule has 1 saturated heterocycles. The molecular weight excluding hydrogens is 228 g/mol. The Bertz CT molecular complexity index is 285. The maximum atomic E-state index is 11.9. The van der Waals surface area contributed by atoms with Gasteiger partial charge in [0.2, 0.25) is 5.91 Å². The van der Waals surface area contributed by atoms with Crippen molar-refractivity contribution in [3.8, 4) is 0 Å². The van der Waals surface area contributed by atoms with E-state index in [1.807, 2.05) is 13.8 Å². The minimum Gasteiger partial charge on any atom is -0.480 e. The molecule has 0 radical (unpaired) electrons. The Kier molecular flexibility index (Phi) is 4.61. The Morgan fingerprint density at radius 3 is 2.75 bits per heavy atom. The maximum Gasteiger partial charge on any atom is 0.327 e. The molecule has 3 N–H and O–H groups in total. The van der Waals surface area contributed by atoms with Crippen LogP contribution in [-0.4, -0.2) is 45.1 Å². The van der Waals surface area contributed by atoms with Gasteiger partial charge < -0.3 is 15.7 Å². The first-order valence-electron chi connectivity index (χ1n) is 5.38. The van der Waals surface area contributed by atoms with E-state index < -0.39 is 12.0 Å². The number of hydrogen-bond donors (Lipinski definition) is 2. The monoisotopic (exact) mass is 246 g/mol. The van der Waals surface area contributed by atoms with Gasteiger partial charge in [0.05, 0.1) is 5.37 Å². The van der Waals surface area contributed by atoms with Crippen molar-refractivity contribution >= 4 is 23.6 Å². The summed E-state index contributed by atoms with van der Waals surface area (Å²) in [5, 5.41) is 8.93. The highest BCUT2D eigenvalue weighted by atomic mass is 32.2. The van der Waals surface area contributed by atoms with Gasteiger partial charge >= 0.3 is 5.97 Å². The summed E-state index contributed by atoms with van der Waals surface area (Å²) in [5.74, 6) is -0.626. The second-order valence-corrected chi connectivity index (χ2v) is 5.31. The first-order valence-corrected chi connectivity index (χ1v) is 6.43. The summed E-state index contributed by atoms with van der Waals surface area (Å²) >= 11 is 1.49. The number of rotatable bonds is 4. The van der Waals surface area contributed by atoms with Gasteiger partial charge in [0.1, 0.15) is 6.04 Å². The van der Waals surface area contributed by atoms with Gasteiger partial charge in [0, 0.05) is 18.2 Å². The van der Waals surface area contributed by atoms with E-state index in [0.29, 0.717) is 5.75 Å². The molecule has 1 fully saturated rings. The maximum absolute atomic E-state index is 11.9. The fraction of sp³-hybridized carbons (Fsp3) is 0.800. The third-order valence-electron chi connectivity index (χ3n) is 2.76. The Labute approximate surface area is 99.4 Å². The summed E-state index contributed by atoms with van der Waals surface area (Å²) < 4.78 is 0. The highest BCUT2D eigenvalue weighted by molar-refractivity contribution is 8.00. The number of hydrogen-bond acceptors (Lipinski definition) is 4. The van der Waals surface area contributed by atoms with Gasteiger partial charge in [-0.05, 0) is 13.3 Å². The molecule has 1 rings (SSSR count). The Morgan fingerprint density at radius 2 is 2.25 bits per heavy atom. The van der Waals surface area contributed by atoms with Crippen molar-refractivity contribution in [1.82, 2.24) is 4.90 Å². The number of nitrogens with zero attached hydrogens (tertiary/aromatic N) is 1. The normalized spacial score (nSPS) is 26.8. The van der Waals surface area contributed by atoms with Crippen LogP contribution in [0.15, 0.2) is 0 Å². The Balaban J connectivity index is 2.68. The molecule has 0 saturated carbocycles. The summed E-state index contributed by atoms with van der Waals surface area (Å²) in [7, 11) is 0. The van der Waals surface area contributed by atoms with E-state index in [-0.39, 0.29) is 23.7 Å². The quantitative estimate of drug-likeness (QED) is 0.754. The van der Waals surface area contributed by atoms with Crippen molar-refractivity contribution in [2.75, 3.05) is 5.75 Å². The molecule has 16 heavy (non-hydrogen) atoms. The van der Waals surface area contributed by atoms with Gasteiger partial charge in [0.25, 0.3) is 0 Å². The van der Waals surface area contributed by atoms with Crippen LogP contribution in [0.1, 0.15) is 26.7 Å². The third-order valence-corrected chi connectivity index (χ3v) is 3.97. The van der Waals surface area contributed by atoms with Crippen molar-refractivity contribution in [1.29, 1.82) is 0 Å². The molecule has 1 heterocycles. The smallest absolute Gasteiger partial charge is 0.327 e. The first kappa shape index (κ1) is 13.3. The van der Waals surface area contributed by atoms with Crippen LogP contribution in [-0.2, 0) is 9.59 Å². The average molecular weight is 246 g/mol. The Morgan fingerprint density at radius 1 is 1.62 bits per heavy atom. The summed E-state index contributed by atoms with van der Waals surface area (Å²) in [6.07, 6.45) is 0.948. The number of nitrogens with two attached hydrogens (primary N) is 1. The predicted octanol–water partition coefficient (Wildman–Crippen LogP) is 0.488. The highest BCUT2D eigenvalue weighted by Gasteiger charge is 2.39. The topological polar surface area (TPSA) is 83.6 Å². The number of carbonyl (C=O) groups excluding carboxylic acids is 1. The fourth-order valence-corrected chi connectivity index (χ4v) is 2.87. The van der Waals surface area contributed by atoms with Gasteiger partial charge in [-0.15, -0.1) is 11.8 Å². The van der Waals surface area contributed by atoms with Crippen molar-refractivity contribution < 1.29 is 14.7 Å². The lowest BCUT2D eigenvalue weighted by Gasteiger charge is -2.26. The van der Waals surface area contributed by atoms with Gasteiger partial charge in [-0.3, -0.25) is 4.79 Å². The molecule has 6 heteroatoms. The van der Waals surface area contributed by atoms with Crippen molar-refractivity contribution in [2.24, 2.45) is 5.73 Å². The van der Waals surface area contributed by atoms with Gasteiger partial charge in [-0.25, -0.2) is 4.79 Å². The van der Waals surface area contributed by atoms with Crippen LogP contribution in [0.2, 0.25) is 0 Å². The van der Waals surface area contributed by atoms with Crippen LogP contribution in [0.3, 0.4) is 0 Å². The van der Waals surface area contributed by atoms with E-state index in [0.717, 1.165) is 6.42 Å². The third kappa shape index (κ3) is 2.89. The zero-order valence-corrected chi connectivity index (χ0v) is 10.4. The fourth-order valence-electron chi connectivity index (χ4n) is 1.69. The first-order chi connectivity index (χ1) is 7.47. The zero-order valence-electron chi connectivity index (χ0n) is 9.55. The van der Waals surface area contributed by atoms with E-state index in [4.69, 9.17) is 10.8 Å². The molecule has 92 valence electrons. The lowest BCUT2D eigenvalue weighted by molar-refractivity contribution is -0.149. The van der Waals surface area contributed by atoms with Crippen LogP contribution < -0.4 is 5.73 Å². The minimum absolute atomic E-state index is 0.0716. The van der Waals surface area contributed by atoms with E-state index in [1.165, 1.54) is 16.7 Å². The summed E-state index contributed by atoms with van der Waals surface area (Å²) in [5.41, 5.74) is 5.71. The van der Waals surface area contributed by atoms with Crippen LogP contribution in [0.25, 0.3) is 0 Å². The highest BCUT2D eigenvalue weighted by Crippen LogP contribution is 2.29. The number of carbonyl (C=O) groups is 2. The van der Waals surface area contributed by atoms with Crippen molar-refractivity contribution in [3.05, 3.63) is 0 Å². The molecule has 1 aliphatic rings. The standard InChI is InChI=1S/C10H18N2O3S/c1-3-7(11)4-9(13)12-6(2)16-5-8(12)10(14)15/h6-8H,3-5,11H2,1-2H3,(H,14,15). The van der Waals surface area contributed by atoms with Gasteiger partial charge in [-0.1, -0.05) is 6.92 Å². The number of amides is 1. The second kappa shape index (κ2) is 5.54. The number of carboxylic acids is 1. The molecule has 3 atom stereocenters. The molecule has 0 aliphatic carbocycles. The molecule has 1 aliphatic heterocycles. The van der Waals surface area contributed by atoms with Crippen molar-refractivity contribution in [3.63, 3.8) is 0 Å². The summed E-state index contributed by atoms with van der Waals surface area (Å²) in [6, 6.07) is -0.878. The lowest BCUT2D eigenvalue weighted by Crippen LogP contribution is -2.46. The second-order valence-electron chi connectivity index (χ2n) is 3.96. The molecular formula is C10H18N2O3S. The van der Waals surface area contributed by atoms with E-state index in [2.05, 4.69) is 0 Å². The van der Waals surface area contributed by atoms with Crippen LogP contribution in [0.5, 0.6) is 0 Å². The lowest BCUT2D eigenvalue weighted by atomic mass is 10.1. The summed E-state index contributed by atoms with van der Waals surface area (Å²) in [6.45, 7) is 3.76. The molecule has 0 aromatic heterocycles. The van der Waals surface area contributed by atoms with Crippen LogP contribution >= 0.6 is 11.8 Å². The van der Waals surface area contributed by atoms with Gasteiger partial charge in [0.15, 0.2) is 0 Å². The molecule has 5 nitrogen and oxygen atoms in total. The zero-order chi connectivity index (χ0) is 12.3. The van der Waals surface area contributed by atoms with E-state index >= 15 is 0 Å². The van der Waals surface area contributed by atoms with E-state index in [1.54, 1.807) is 0 Å². The van der Waals surface area contributed by atoms with Crippen LogP contribution in [0, 0.1) is 0 Å². The van der Waals surface area contributed by atoms with Crippen LogP contribution in [0.4, 0.5) is 0 Å². The minimum atomic E-state index is -0.935. The number of thioether (sulfide) groups is 1. The van der Waals surface area contributed by atoms with E-state index in [9.17, 15) is 9.59 Å². The Hall–Kier alpha value is -0.750. The SMILES string of the molecule is CCC(N)CC(=O)N1C(C)SCC1C(=O)O. The van der Waals surface area contributed by atoms with Crippen molar-refractivity contribution in [2.45, 2.75) is 44.1 Å².